The predicted molar refractivity (Wildman–Crippen MR) is 106 cm³/mol. The van der Waals surface area contributed by atoms with Gasteiger partial charge in [0.05, 0.1) is 18.8 Å². The van der Waals surface area contributed by atoms with Crippen molar-refractivity contribution in [3.8, 4) is 11.1 Å². The van der Waals surface area contributed by atoms with Crippen molar-refractivity contribution in [2.24, 2.45) is 0 Å². The van der Waals surface area contributed by atoms with Gasteiger partial charge >= 0.3 is 11.9 Å². The van der Waals surface area contributed by atoms with Gasteiger partial charge in [0.2, 0.25) is 0 Å². The van der Waals surface area contributed by atoms with E-state index in [-0.39, 0.29) is 13.2 Å². The Morgan fingerprint density at radius 2 is 1.67 bits per heavy atom. The molecule has 0 aliphatic heterocycles. The molecule has 0 atom stereocenters. The highest BCUT2D eigenvalue weighted by molar-refractivity contribution is 6.18. The Bertz CT molecular complexity index is 824. The van der Waals surface area contributed by atoms with Crippen LogP contribution in [0.15, 0.2) is 42.5 Å². The SMILES string of the molecule is CCOC(=O)c1c(-c2ccccc2)c(C(=O)OCC)n(CC=CCCl)c1C. The van der Waals surface area contributed by atoms with Crippen molar-refractivity contribution in [2.45, 2.75) is 27.3 Å². The van der Waals surface area contributed by atoms with E-state index in [1.165, 1.54) is 0 Å². The smallest absolute Gasteiger partial charge is 0.355 e. The van der Waals surface area contributed by atoms with Crippen molar-refractivity contribution >= 4 is 23.5 Å². The number of carbonyl (C=O) groups excluding carboxylic acids is 2. The third-order valence-corrected chi connectivity index (χ3v) is 4.26. The van der Waals surface area contributed by atoms with Crippen LogP contribution in [0, 0.1) is 6.92 Å². The van der Waals surface area contributed by atoms with Gasteiger partial charge in [0, 0.05) is 23.7 Å². The molecule has 2 aromatic rings. The summed E-state index contributed by atoms with van der Waals surface area (Å²) in [7, 11) is 0. The third kappa shape index (κ3) is 4.61. The number of hydrogen-bond donors (Lipinski definition) is 0. The van der Waals surface area contributed by atoms with Crippen LogP contribution < -0.4 is 0 Å². The van der Waals surface area contributed by atoms with Gasteiger partial charge in [-0.2, -0.15) is 0 Å². The molecule has 1 aromatic heterocycles. The van der Waals surface area contributed by atoms with E-state index < -0.39 is 11.9 Å². The molecule has 0 aliphatic rings. The highest BCUT2D eigenvalue weighted by Gasteiger charge is 2.30. The number of ether oxygens (including phenoxy) is 2. The number of alkyl halides is 1. The molecule has 0 N–H and O–H groups in total. The first-order chi connectivity index (χ1) is 13.1. The minimum atomic E-state index is -0.478. The van der Waals surface area contributed by atoms with Crippen LogP contribution in [0.3, 0.4) is 0 Å². The number of halogens is 1. The van der Waals surface area contributed by atoms with Crippen LogP contribution in [-0.4, -0.2) is 35.6 Å². The van der Waals surface area contributed by atoms with Crippen molar-refractivity contribution in [3.05, 3.63) is 59.4 Å². The van der Waals surface area contributed by atoms with Gasteiger partial charge < -0.3 is 14.0 Å². The van der Waals surface area contributed by atoms with Gasteiger partial charge in [-0.05, 0) is 26.3 Å². The molecule has 0 saturated heterocycles. The van der Waals surface area contributed by atoms with E-state index in [0.29, 0.717) is 34.9 Å². The minimum absolute atomic E-state index is 0.240. The van der Waals surface area contributed by atoms with Gasteiger partial charge in [-0.1, -0.05) is 42.5 Å². The highest BCUT2D eigenvalue weighted by Crippen LogP contribution is 2.34. The molecule has 0 saturated carbocycles. The normalized spacial score (nSPS) is 11.0. The lowest BCUT2D eigenvalue weighted by molar-refractivity contribution is 0.0512. The van der Waals surface area contributed by atoms with Crippen LogP contribution in [0.25, 0.3) is 11.1 Å². The maximum absolute atomic E-state index is 12.8. The van der Waals surface area contributed by atoms with Gasteiger partial charge in [0.15, 0.2) is 0 Å². The number of rotatable bonds is 8. The number of benzene rings is 1. The van der Waals surface area contributed by atoms with Gasteiger partial charge in [-0.25, -0.2) is 9.59 Å². The number of aromatic nitrogens is 1. The van der Waals surface area contributed by atoms with E-state index in [0.717, 1.165) is 5.56 Å². The monoisotopic (exact) mass is 389 g/mol. The lowest BCUT2D eigenvalue weighted by atomic mass is 10.00. The molecule has 1 aromatic carbocycles. The molecule has 5 nitrogen and oxygen atoms in total. The Balaban J connectivity index is 2.78. The van der Waals surface area contributed by atoms with Crippen LogP contribution in [0.5, 0.6) is 0 Å². The summed E-state index contributed by atoms with van der Waals surface area (Å²) >= 11 is 5.72. The average molecular weight is 390 g/mol. The molecular weight excluding hydrogens is 366 g/mol. The maximum Gasteiger partial charge on any atom is 0.355 e. The fourth-order valence-electron chi connectivity index (χ4n) is 2.96. The molecule has 0 amide bonds. The van der Waals surface area contributed by atoms with Gasteiger partial charge in [-0.3, -0.25) is 0 Å². The molecule has 0 unspecified atom stereocenters. The van der Waals surface area contributed by atoms with E-state index in [1.54, 1.807) is 31.4 Å². The zero-order chi connectivity index (χ0) is 19.8. The Kier molecular flexibility index (Phi) is 7.67. The second-order valence-corrected chi connectivity index (χ2v) is 6.04. The lowest BCUT2D eigenvalue weighted by Gasteiger charge is -2.10. The largest absolute Gasteiger partial charge is 0.462 e. The standard InChI is InChI=1S/C21H24ClNO4/c1-4-26-20(24)17-15(3)23(14-10-9-13-22)19(21(25)27-5-2)18(17)16-11-7-6-8-12-16/h6-12H,4-5,13-14H2,1-3H3. The zero-order valence-electron chi connectivity index (χ0n) is 15.8. The second-order valence-electron chi connectivity index (χ2n) is 5.73. The van der Waals surface area contributed by atoms with Crippen LogP contribution in [-0.2, 0) is 16.0 Å². The molecule has 1 heterocycles. The summed E-state index contributed by atoms with van der Waals surface area (Å²) in [6.07, 6.45) is 3.65. The van der Waals surface area contributed by atoms with E-state index in [9.17, 15) is 9.59 Å². The fraction of sp³-hybridized carbons (Fsp3) is 0.333. The topological polar surface area (TPSA) is 57.5 Å². The van der Waals surface area contributed by atoms with Gasteiger partial charge in [0.1, 0.15) is 5.69 Å². The first kappa shape index (κ1) is 20.8. The molecule has 0 bridgehead atoms. The number of carbonyl (C=O) groups is 2. The van der Waals surface area contributed by atoms with Crippen molar-refractivity contribution in [1.82, 2.24) is 4.57 Å². The fourth-order valence-corrected chi connectivity index (χ4v) is 3.08. The van der Waals surface area contributed by atoms with E-state index in [1.807, 2.05) is 36.4 Å². The van der Waals surface area contributed by atoms with Crippen molar-refractivity contribution in [3.63, 3.8) is 0 Å². The molecule has 27 heavy (non-hydrogen) atoms. The van der Waals surface area contributed by atoms with E-state index >= 15 is 0 Å². The second kappa shape index (κ2) is 9.97. The van der Waals surface area contributed by atoms with E-state index in [4.69, 9.17) is 21.1 Å². The summed E-state index contributed by atoms with van der Waals surface area (Å²) in [5.41, 5.74) is 2.65. The first-order valence-corrected chi connectivity index (χ1v) is 9.43. The molecule has 144 valence electrons. The summed E-state index contributed by atoms with van der Waals surface area (Å²) < 4.78 is 12.3. The molecule has 0 aliphatic carbocycles. The van der Waals surface area contributed by atoms with Crippen LogP contribution >= 0.6 is 11.6 Å². The minimum Gasteiger partial charge on any atom is -0.462 e. The van der Waals surface area contributed by atoms with Crippen molar-refractivity contribution in [2.75, 3.05) is 19.1 Å². The third-order valence-electron chi connectivity index (χ3n) is 4.08. The quantitative estimate of drug-likeness (QED) is 0.375. The Morgan fingerprint density at radius 3 is 2.26 bits per heavy atom. The first-order valence-electron chi connectivity index (χ1n) is 8.90. The summed E-state index contributed by atoms with van der Waals surface area (Å²) in [4.78, 5) is 25.5. The summed E-state index contributed by atoms with van der Waals surface area (Å²) in [6.45, 7) is 6.19. The van der Waals surface area contributed by atoms with Crippen molar-refractivity contribution in [1.29, 1.82) is 0 Å². The van der Waals surface area contributed by atoms with Crippen LogP contribution in [0.4, 0.5) is 0 Å². The zero-order valence-corrected chi connectivity index (χ0v) is 16.6. The Labute approximate surface area is 164 Å². The number of esters is 2. The molecule has 6 heteroatoms. The Hall–Kier alpha value is -2.53. The molecular formula is C21H24ClNO4. The molecule has 0 spiro atoms. The lowest BCUT2D eigenvalue weighted by Crippen LogP contribution is -2.13. The van der Waals surface area contributed by atoms with E-state index in [2.05, 4.69) is 0 Å². The van der Waals surface area contributed by atoms with Crippen molar-refractivity contribution < 1.29 is 19.1 Å². The number of hydrogen-bond acceptors (Lipinski definition) is 4. The number of nitrogens with zero attached hydrogens (tertiary/aromatic N) is 1. The van der Waals surface area contributed by atoms with Crippen LogP contribution in [0.1, 0.15) is 40.4 Å². The summed E-state index contributed by atoms with van der Waals surface area (Å²) in [6, 6.07) is 9.32. The highest BCUT2D eigenvalue weighted by atomic mass is 35.5. The van der Waals surface area contributed by atoms with Crippen LogP contribution in [0.2, 0.25) is 0 Å². The average Bonchev–Trinajstić information content (AvgIpc) is 2.96. The summed E-state index contributed by atoms with van der Waals surface area (Å²) in [5.74, 6) is -0.570. The molecule has 0 fully saturated rings. The van der Waals surface area contributed by atoms with Gasteiger partial charge in [0.25, 0.3) is 0 Å². The molecule has 2 rings (SSSR count). The maximum atomic E-state index is 12.8. The predicted octanol–water partition coefficient (Wildman–Crippen LogP) is 4.61. The number of allylic oxidation sites excluding steroid dienone is 2. The molecule has 0 radical (unpaired) electrons. The summed E-state index contributed by atoms with van der Waals surface area (Å²) in [5, 5.41) is 0. The van der Waals surface area contributed by atoms with Gasteiger partial charge in [-0.15, -0.1) is 11.6 Å². The Morgan fingerprint density at radius 1 is 1.04 bits per heavy atom.